The summed E-state index contributed by atoms with van der Waals surface area (Å²) in [5, 5.41) is 4.34. The Balaban J connectivity index is 1.54. The summed E-state index contributed by atoms with van der Waals surface area (Å²) in [7, 11) is 0. The van der Waals surface area contributed by atoms with Crippen LogP contribution in [-0.2, 0) is 6.61 Å². The molecule has 3 rings (SSSR count). The number of hydrogen-bond donors (Lipinski definition) is 2. The number of benzene rings is 2. The largest absolute Gasteiger partial charge is 0.489 e. The van der Waals surface area contributed by atoms with Gasteiger partial charge in [-0.2, -0.15) is 5.10 Å². The highest BCUT2D eigenvalue weighted by molar-refractivity contribution is 7.17. The molecule has 0 aliphatic heterocycles. The second kappa shape index (κ2) is 8.46. The monoisotopic (exact) mass is 380 g/mol. The molecule has 3 N–H and O–H groups in total. The van der Waals surface area contributed by atoms with E-state index >= 15 is 0 Å². The third kappa shape index (κ3) is 4.92. The average molecular weight is 380 g/mol. The van der Waals surface area contributed by atoms with Crippen molar-refractivity contribution in [2.75, 3.05) is 5.73 Å². The van der Waals surface area contributed by atoms with Gasteiger partial charge in [0.1, 0.15) is 17.2 Å². The van der Waals surface area contributed by atoms with E-state index < -0.39 is 0 Å². The smallest absolute Gasteiger partial charge is 0.283 e. The summed E-state index contributed by atoms with van der Waals surface area (Å²) in [6, 6.07) is 15.6. The molecule has 6 nitrogen and oxygen atoms in total. The topological polar surface area (TPSA) is 89.6 Å². The van der Waals surface area contributed by atoms with E-state index in [2.05, 4.69) is 34.6 Å². The fraction of sp³-hybridized carbons (Fsp3) is 0.150. The Bertz CT molecular complexity index is 964. The van der Waals surface area contributed by atoms with E-state index in [1.54, 1.807) is 13.1 Å². The van der Waals surface area contributed by atoms with E-state index in [9.17, 15) is 4.79 Å². The highest BCUT2D eigenvalue weighted by Gasteiger charge is 2.13. The number of anilines is 1. The van der Waals surface area contributed by atoms with E-state index in [1.807, 2.05) is 36.4 Å². The van der Waals surface area contributed by atoms with Crippen LogP contribution in [0.15, 0.2) is 53.6 Å². The van der Waals surface area contributed by atoms with E-state index in [1.165, 1.54) is 5.56 Å². The van der Waals surface area contributed by atoms with E-state index in [4.69, 9.17) is 10.5 Å². The molecule has 0 unspecified atom stereocenters. The molecule has 3 aromatic rings. The quantitative estimate of drug-likeness (QED) is 0.504. The van der Waals surface area contributed by atoms with Gasteiger partial charge < -0.3 is 10.5 Å². The van der Waals surface area contributed by atoms with Gasteiger partial charge in [0.2, 0.25) is 0 Å². The van der Waals surface area contributed by atoms with E-state index in [0.29, 0.717) is 22.3 Å². The highest BCUT2D eigenvalue weighted by atomic mass is 32.1. The zero-order valence-corrected chi connectivity index (χ0v) is 15.9. The van der Waals surface area contributed by atoms with Crippen molar-refractivity contribution >= 4 is 28.6 Å². The van der Waals surface area contributed by atoms with Crippen LogP contribution in [0, 0.1) is 13.8 Å². The van der Waals surface area contributed by atoms with Crippen LogP contribution in [0.25, 0.3) is 0 Å². The lowest BCUT2D eigenvalue weighted by Crippen LogP contribution is -2.17. The van der Waals surface area contributed by atoms with Crippen molar-refractivity contribution in [3.05, 3.63) is 75.8 Å². The minimum absolute atomic E-state index is 0.323. The van der Waals surface area contributed by atoms with Crippen molar-refractivity contribution in [2.45, 2.75) is 20.5 Å². The van der Waals surface area contributed by atoms with Crippen LogP contribution in [-0.4, -0.2) is 17.1 Å². The summed E-state index contributed by atoms with van der Waals surface area (Å²) in [6.45, 7) is 4.32. The van der Waals surface area contributed by atoms with Gasteiger partial charge in [0, 0.05) is 0 Å². The Morgan fingerprint density at radius 2 is 1.96 bits per heavy atom. The van der Waals surface area contributed by atoms with Crippen LogP contribution in [0.5, 0.6) is 5.75 Å². The number of thiazole rings is 1. The Morgan fingerprint density at radius 3 is 2.63 bits per heavy atom. The Labute approximate surface area is 161 Å². The van der Waals surface area contributed by atoms with Crippen molar-refractivity contribution in [2.24, 2.45) is 5.10 Å². The second-order valence-electron chi connectivity index (χ2n) is 5.95. The minimum Gasteiger partial charge on any atom is -0.489 e. The zero-order chi connectivity index (χ0) is 19.2. The number of nitrogen functional groups attached to an aromatic ring is 1. The molecule has 27 heavy (non-hydrogen) atoms. The maximum absolute atomic E-state index is 12.0. The summed E-state index contributed by atoms with van der Waals surface area (Å²) >= 11 is 1.14. The molecule has 0 saturated heterocycles. The van der Waals surface area contributed by atoms with Crippen LogP contribution in [0.3, 0.4) is 0 Å². The van der Waals surface area contributed by atoms with Gasteiger partial charge >= 0.3 is 0 Å². The fourth-order valence-corrected chi connectivity index (χ4v) is 3.15. The van der Waals surface area contributed by atoms with Gasteiger partial charge in [-0.25, -0.2) is 10.4 Å². The number of nitrogens with two attached hydrogens (primary N) is 1. The first-order valence-corrected chi connectivity index (χ1v) is 9.18. The number of nitrogens with zero attached hydrogens (tertiary/aromatic N) is 2. The molecular weight excluding hydrogens is 360 g/mol. The minimum atomic E-state index is -0.323. The first kappa shape index (κ1) is 18.6. The third-order valence-corrected chi connectivity index (χ3v) is 4.92. The van der Waals surface area contributed by atoms with Gasteiger partial charge in [0.15, 0.2) is 5.13 Å². The summed E-state index contributed by atoms with van der Waals surface area (Å²) < 4.78 is 5.81. The van der Waals surface area contributed by atoms with Gasteiger partial charge in [-0.15, -0.1) is 0 Å². The number of hydrogen-bond acceptors (Lipinski definition) is 6. The number of carbonyl (C=O) groups excluding carboxylic acids is 1. The van der Waals surface area contributed by atoms with Crippen molar-refractivity contribution < 1.29 is 9.53 Å². The van der Waals surface area contributed by atoms with Gasteiger partial charge in [0.05, 0.1) is 11.9 Å². The molecule has 0 fully saturated rings. The standard InChI is InChI=1S/C20H20N4O2S/c1-13-5-3-4-6-16(13)12-26-17-9-7-15(8-10-17)11-22-24-19(25)18-14(2)23-20(21)27-18/h3-11H,12H2,1-2H3,(H2,21,23)(H,24,25)/b22-11-. The molecule has 0 aliphatic carbocycles. The van der Waals surface area contributed by atoms with Gasteiger partial charge in [0.25, 0.3) is 5.91 Å². The molecule has 7 heteroatoms. The first-order chi connectivity index (χ1) is 13.0. The number of hydrazone groups is 1. The molecule has 1 heterocycles. The molecule has 0 spiro atoms. The van der Waals surface area contributed by atoms with Crippen LogP contribution in [0.1, 0.15) is 32.1 Å². The highest BCUT2D eigenvalue weighted by Crippen LogP contribution is 2.19. The van der Waals surface area contributed by atoms with Gasteiger partial charge in [-0.05, 0) is 54.8 Å². The molecule has 0 radical (unpaired) electrons. The molecule has 1 amide bonds. The van der Waals surface area contributed by atoms with Crippen LogP contribution in [0.2, 0.25) is 0 Å². The fourth-order valence-electron chi connectivity index (χ4n) is 2.43. The predicted molar refractivity (Wildman–Crippen MR) is 108 cm³/mol. The van der Waals surface area contributed by atoms with Crippen molar-refractivity contribution in [1.29, 1.82) is 0 Å². The molecule has 0 saturated carbocycles. The molecule has 0 aliphatic rings. The maximum atomic E-state index is 12.0. The molecular formula is C20H20N4O2S. The number of ether oxygens (including phenoxy) is 1. The first-order valence-electron chi connectivity index (χ1n) is 8.36. The van der Waals surface area contributed by atoms with Gasteiger partial charge in [-0.3, -0.25) is 4.79 Å². The number of aromatic nitrogens is 1. The van der Waals surface area contributed by atoms with Crippen LogP contribution in [0.4, 0.5) is 5.13 Å². The third-order valence-electron chi connectivity index (χ3n) is 3.93. The van der Waals surface area contributed by atoms with Gasteiger partial charge in [-0.1, -0.05) is 35.6 Å². The summed E-state index contributed by atoms with van der Waals surface area (Å²) in [4.78, 5) is 16.5. The van der Waals surface area contributed by atoms with Crippen molar-refractivity contribution in [1.82, 2.24) is 10.4 Å². The van der Waals surface area contributed by atoms with E-state index in [0.717, 1.165) is 28.2 Å². The normalized spacial score (nSPS) is 10.9. The molecule has 1 aromatic heterocycles. The van der Waals surface area contributed by atoms with Crippen LogP contribution >= 0.6 is 11.3 Å². The summed E-state index contributed by atoms with van der Waals surface area (Å²) in [6.07, 6.45) is 1.57. The van der Waals surface area contributed by atoms with Crippen LogP contribution < -0.4 is 15.9 Å². The lowest BCUT2D eigenvalue weighted by Gasteiger charge is -2.08. The predicted octanol–water partition coefficient (Wildman–Crippen LogP) is 3.69. The average Bonchev–Trinajstić information content (AvgIpc) is 3.00. The van der Waals surface area contributed by atoms with Crippen molar-refractivity contribution in [3.8, 4) is 5.75 Å². The van der Waals surface area contributed by atoms with Crippen molar-refractivity contribution in [3.63, 3.8) is 0 Å². The zero-order valence-electron chi connectivity index (χ0n) is 15.1. The second-order valence-corrected chi connectivity index (χ2v) is 6.98. The lowest BCUT2D eigenvalue weighted by molar-refractivity contribution is 0.0958. The molecule has 0 bridgehead atoms. The Hall–Kier alpha value is -3.19. The Kier molecular flexibility index (Phi) is 5.83. The summed E-state index contributed by atoms with van der Waals surface area (Å²) in [5.74, 6) is 0.450. The SMILES string of the molecule is Cc1ccccc1COc1ccc(/C=N\NC(=O)c2sc(N)nc2C)cc1. The van der Waals surface area contributed by atoms with E-state index in [-0.39, 0.29) is 5.91 Å². The maximum Gasteiger partial charge on any atom is 0.283 e. The number of carbonyl (C=O) groups is 1. The molecule has 2 aromatic carbocycles. The molecule has 138 valence electrons. The lowest BCUT2D eigenvalue weighted by atomic mass is 10.1. The Morgan fingerprint density at radius 1 is 1.22 bits per heavy atom. The number of aryl methyl sites for hydroxylation is 2. The number of nitrogens with one attached hydrogen (secondary N) is 1. The molecule has 0 atom stereocenters. The number of amides is 1. The summed E-state index contributed by atoms with van der Waals surface area (Å²) in [5.41, 5.74) is 11.9. The number of rotatable bonds is 6.